The molecule has 3 N–H and O–H groups in total. The average Bonchev–Trinajstić information content (AvgIpc) is 2.70. The Hall–Kier alpha value is -1.10. The lowest BCUT2D eigenvalue weighted by Crippen LogP contribution is -2.36. The molecule has 16 heavy (non-hydrogen) atoms. The Morgan fingerprint density at radius 3 is 2.81 bits per heavy atom. The van der Waals surface area contributed by atoms with Gasteiger partial charge in [0.15, 0.2) is 0 Å². The third-order valence-electron chi connectivity index (χ3n) is 2.98. The Balaban J connectivity index is 2.20. The molecule has 0 aromatic heterocycles. The van der Waals surface area contributed by atoms with Crippen molar-refractivity contribution in [1.82, 2.24) is 10.6 Å². The molecule has 1 heterocycles. The summed E-state index contributed by atoms with van der Waals surface area (Å²) in [5.74, 6) is -1.37. The van der Waals surface area contributed by atoms with Crippen LogP contribution < -0.4 is 10.6 Å². The molecule has 1 aliphatic rings. The van der Waals surface area contributed by atoms with Crippen LogP contribution in [0.1, 0.15) is 32.6 Å². The van der Waals surface area contributed by atoms with E-state index in [9.17, 15) is 9.59 Å². The third kappa shape index (κ3) is 4.18. The van der Waals surface area contributed by atoms with Crippen LogP contribution in [0.2, 0.25) is 0 Å². The summed E-state index contributed by atoms with van der Waals surface area (Å²) in [6.45, 7) is 3.02. The van der Waals surface area contributed by atoms with Gasteiger partial charge >= 0.3 is 5.97 Å². The SMILES string of the molecule is CCC(CNC(=O)CC1CCCN1)C(=O)O. The van der Waals surface area contributed by atoms with Crippen molar-refractivity contribution in [3.8, 4) is 0 Å². The van der Waals surface area contributed by atoms with Crippen LogP contribution in [0.5, 0.6) is 0 Å². The Morgan fingerprint density at radius 2 is 2.31 bits per heavy atom. The Bertz CT molecular complexity index is 250. The lowest BCUT2D eigenvalue weighted by Gasteiger charge is -2.13. The second-order valence-electron chi connectivity index (χ2n) is 4.24. The van der Waals surface area contributed by atoms with Gasteiger partial charge in [-0.15, -0.1) is 0 Å². The zero-order valence-corrected chi connectivity index (χ0v) is 9.66. The first-order valence-corrected chi connectivity index (χ1v) is 5.86. The number of carboxylic acid groups (broad SMARTS) is 1. The lowest BCUT2D eigenvalue weighted by atomic mass is 10.1. The van der Waals surface area contributed by atoms with E-state index in [0.717, 1.165) is 19.4 Å². The zero-order valence-electron chi connectivity index (χ0n) is 9.66. The maximum absolute atomic E-state index is 11.5. The molecule has 5 heteroatoms. The molecular weight excluding hydrogens is 208 g/mol. The standard InChI is InChI=1S/C11H20N2O3/c1-2-8(11(15)16)7-13-10(14)6-9-4-3-5-12-9/h8-9,12H,2-7H2,1H3,(H,13,14)(H,15,16). The van der Waals surface area contributed by atoms with Crippen molar-refractivity contribution in [2.45, 2.75) is 38.6 Å². The minimum absolute atomic E-state index is 0.0564. The number of hydrogen-bond acceptors (Lipinski definition) is 3. The normalized spacial score (nSPS) is 21.7. The molecule has 0 aliphatic carbocycles. The van der Waals surface area contributed by atoms with Crippen LogP contribution in [0.15, 0.2) is 0 Å². The summed E-state index contributed by atoms with van der Waals surface area (Å²) < 4.78 is 0. The van der Waals surface area contributed by atoms with Crippen molar-refractivity contribution in [2.75, 3.05) is 13.1 Å². The van der Waals surface area contributed by atoms with Crippen molar-refractivity contribution in [3.63, 3.8) is 0 Å². The molecule has 0 saturated carbocycles. The monoisotopic (exact) mass is 228 g/mol. The van der Waals surface area contributed by atoms with E-state index in [-0.39, 0.29) is 18.5 Å². The van der Waals surface area contributed by atoms with Crippen LogP contribution in [-0.4, -0.2) is 36.1 Å². The third-order valence-corrected chi connectivity index (χ3v) is 2.98. The van der Waals surface area contributed by atoms with Crippen molar-refractivity contribution < 1.29 is 14.7 Å². The lowest BCUT2D eigenvalue weighted by molar-refractivity contribution is -0.141. The van der Waals surface area contributed by atoms with Gasteiger partial charge in [0.25, 0.3) is 0 Å². The second kappa shape index (κ2) is 6.48. The van der Waals surface area contributed by atoms with Crippen molar-refractivity contribution in [2.24, 2.45) is 5.92 Å². The molecule has 1 amide bonds. The molecule has 0 spiro atoms. The molecule has 1 rings (SSSR count). The molecule has 92 valence electrons. The number of rotatable bonds is 6. The van der Waals surface area contributed by atoms with E-state index in [2.05, 4.69) is 10.6 Å². The highest BCUT2D eigenvalue weighted by Crippen LogP contribution is 2.08. The Morgan fingerprint density at radius 1 is 1.56 bits per heavy atom. The highest BCUT2D eigenvalue weighted by Gasteiger charge is 2.19. The Labute approximate surface area is 95.6 Å². The molecule has 2 unspecified atom stereocenters. The molecule has 5 nitrogen and oxygen atoms in total. The number of carbonyl (C=O) groups is 2. The molecular formula is C11H20N2O3. The first-order chi connectivity index (χ1) is 7.63. The van der Waals surface area contributed by atoms with Crippen molar-refractivity contribution in [3.05, 3.63) is 0 Å². The summed E-state index contributed by atoms with van der Waals surface area (Å²) in [6.07, 6.45) is 3.14. The molecule has 1 aliphatic heterocycles. The van der Waals surface area contributed by atoms with Crippen molar-refractivity contribution >= 4 is 11.9 Å². The van der Waals surface area contributed by atoms with Gasteiger partial charge in [-0.2, -0.15) is 0 Å². The highest BCUT2D eigenvalue weighted by atomic mass is 16.4. The van der Waals surface area contributed by atoms with E-state index in [1.165, 1.54) is 0 Å². The van der Waals surface area contributed by atoms with Gasteiger partial charge in [0.2, 0.25) is 5.91 Å². The van der Waals surface area contributed by atoms with Crippen molar-refractivity contribution in [1.29, 1.82) is 0 Å². The van der Waals surface area contributed by atoms with Crippen LogP contribution >= 0.6 is 0 Å². The second-order valence-corrected chi connectivity index (χ2v) is 4.24. The summed E-state index contributed by atoms with van der Waals surface area (Å²) >= 11 is 0. The van der Waals surface area contributed by atoms with Gasteiger partial charge in [-0.3, -0.25) is 9.59 Å². The number of aliphatic carboxylic acids is 1. The summed E-state index contributed by atoms with van der Waals surface area (Å²) in [6, 6.07) is 0.268. The fraction of sp³-hybridized carbons (Fsp3) is 0.818. The van der Waals surface area contributed by atoms with E-state index in [1.54, 1.807) is 0 Å². The van der Waals surface area contributed by atoms with E-state index in [4.69, 9.17) is 5.11 Å². The minimum Gasteiger partial charge on any atom is -0.481 e. The van der Waals surface area contributed by atoms with E-state index < -0.39 is 11.9 Å². The number of carboxylic acids is 1. The predicted molar refractivity (Wildman–Crippen MR) is 60.1 cm³/mol. The summed E-state index contributed by atoms with van der Waals surface area (Å²) in [5, 5.41) is 14.7. The molecule has 0 radical (unpaired) electrons. The summed E-state index contributed by atoms with van der Waals surface area (Å²) in [7, 11) is 0. The largest absolute Gasteiger partial charge is 0.481 e. The maximum Gasteiger partial charge on any atom is 0.308 e. The van der Waals surface area contributed by atoms with E-state index in [0.29, 0.717) is 12.8 Å². The summed E-state index contributed by atoms with van der Waals surface area (Å²) in [4.78, 5) is 22.2. The topological polar surface area (TPSA) is 78.4 Å². The smallest absolute Gasteiger partial charge is 0.308 e. The quantitative estimate of drug-likeness (QED) is 0.613. The zero-order chi connectivity index (χ0) is 12.0. The first kappa shape index (κ1) is 13.0. The molecule has 0 bridgehead atoms. The average molecular weight is 228 g/mol. The van der Waals surface area contributed by atoms with Crippen LogP contribution in [0, 0.1) is 5.92 Å². The fourth-order valence-corrected chi connectivity index (χ4v) is 1.87. The number of nitrogens with one attached hydrogen (secondary N) is 2. The molecule has 2 atom stereocenters. The molecule has 0 aromatic rings. The van der Waals surface area contributed by atoms with Gasteiger partial charge in [0, 0.05) is 19.0 Å². The van der Waals surface area contributed by atoms with Crippen LogP contribution in [0.4, 0.5) is 0 Å². The van der Waals surface area contributed by atoms with Gasteiger partial charge < -0.3 is 15.7 Å². The number of carbonyl (C=O) groups excluding carboxylic acids is 1. The molecule has 1 saturated heterocycles. The number of hydrogen-bond donors (Lipinski definition) is 3. The van der Waals surface area contributed by atoms with E-state index >= 15 is 0 Å². The number of amides is 1. The van der Waals surface area contributed by atoms with Crippen LogP contribution in [0.3, 0.4) is 0 Å². The van der Waals surface area contributed by atoms with Crippen LogP contribution in [-0.2, 0) is 9.59 Å². The van der Waals surface area contributed by atoms with Crippen LogP contribution in [0.25, 0.3) is 0 Å². The van der Waals surface area contributed by atoms with Gasteiger partial charge in [0.05, 0.1) is 5.92 Å². The van der Waals surface area contributed by atoms with Gasteiger partial charge in [-0.05, 0) is 25.8 Å². The molecule has 0 aromatic carbocycles. The highest BCUT2D eigenvalue weighted by molar-refractivity contribution is 5.77. The van der Waals surface area contributed by atoms with Gasteiger partial charge in [-0.1, -0.05) is 6.92 Å². The first-order valence-electron chi connectivity index (χ1n) is 5.86. The maximum atomic E-state index is 11.5. The predicted octanol–water partition coefficient (Wildman–Crippen LogP) is 0.356. The molecule has 1 fully saturated rings. The van der Waals surface area contributed by atoms with E-state index in [1.807, 2.05) is 6.92 Å². The minimum atomic E-state index is -0.846. The van der Waals surface area contributed by atoms with Gasteiger partial charge in [0.1, 0.15) is 0 Å². The fourth-order valence-electron chi connectivity index (χ4n) is 1.87. The van der Waals surface area contributed by atoms with Gasteiger partial charge in [-0.25, -0.2) is 0 Å². The summed E-state index contributed by atoms with van der Waals surface area (Å²) in [5.41, 5.74) is 0. The Kier molecular flexibility index (Phi) is 5.25.